The quantitative estimate of drug-likeness (QED) is 0.498. The molecule has 1 unspecified atom stereocenters. The van der Waals surface area contributed by atoms with Crippen molar-refractivity contribution in [3.63, 3.8) is 0 Å². The Morgan fingerprint density at radius 3 is 2.75 bits per heavy atom. The molecule has 1 aromatic rings. The van der Waals surface area contributed by atoms with Crippen LogP contribution in [0, 0.1) is 0 Å². The smallest absolute Gasteiger partial charge is 0.162 e. The van der Waals surface area contributed by atoms with Gasteiger partial charge in [-0.05, 0) is 44.5 Å². The molecule has 1 heterocycles. The largest absolute Gasteiger partial charge is 0.493 e. The van der Waals surface area contributed by atoms with Gasteiger partial charge in [0.2, 0.25) is 0 Å². The number of hydrogen-bond acceptors (Lipinski definition) is 5. The van der Waals surface area contributed by atoms with E-state index in [-0.39, 0.29) is 5.88 Å². The third kappa shape index (κ3) is 6.38. The van der Waals surface area contributed by atoms with E-state index < -0.39 is 6.10 Å². The van der Waals surface area contributed by atoms with Crippen LogP contribution in [0.5, 0.6) is 11.5 Å². The van der Waals surface area contributed by atoms with Crippen LogP contribution in [0.1, 0.15) is 25.7 Å². The molecule has 24 heavy (non-hydrogen) atoms. The lowest BCUT2D eigenvalue weighted by atomic mass is 10.1. The third-order valence-electron chi connectivity index (χ3n) is 4.21. The first-order chi connectivity index (χ1) is 11.7. The van der Waals surface area contributed by atoms with Gasteiger partial charge >= 0.3 is 0 Å². The molecule has 2 N–H and O–H groups in total. The van der Waals surface area contributed by atoms with Crippen LogP contribution >= 0.6 is 11.6 Å². The minimum atomic E-state index is -0.566. The number of rotatable bonds is 10. The average Bonchev–Trinajstić information content (AvgIpc) is 2.64. The van der Waals surface area contributed by atoms with Gasteiger partial charge in [0.05, 0.1) is 25.7 Å². The summed E-state index contributed by atoms with van der Waals surface area (Å²) in [6.07, 6.45) is 4.46. The fourth-order valence-electron chi connectivity index (χ4n) is 2.84. The second-order valence-electron chi connectivity index (χ2n) is 6.16. The van der Waals surface area contributed by atoms with E-state index in [0.717, 1.165) is 24.4 Å². The number of ether oxygens (including phenoxy) is 2. The SMILES string of the molecule is COc1cc(NCC(O)CCl)ccc1OCCCN1CCCCC1. The third-order valence-corrected chi connectivity index (χ3v) is 4.56. The summed E-state index contributed by atoms with van der Waals surface area (Å²) < 4.78 is 11.3. The van der Waals surface area contributed by atoms with E-state index in [0.29, 0.717) is 18.9 Å². The lowest BCUT2D eigenvalue weighted by molar-refractivity contribution is 0.203. The first kappa shape index (κ1) is 19.2. The van der Waals surface area contributed by atoms with Crippen molar-refractivity contribution in [2.75, 3.05) is 51.1 Å². The molecular formula is C18H29ClN2O3. The molecule has 0 saturated carbocycles. The lowest BCUT2D eigenvalue weighted by Crippen LogP contribution is -2.31. The maximum atomic E-state index is 9.50. The van der Waals surface area contributed by atoms with Gasteiger partial charge in [-0.3, -0.25) is 0 Å². The van der Waals surface area contributed by atoms with E-state index in [2.05, 4.69) is 10.2 Å². The van der Waals surface area contributed by atoms with E-state index >= 15 is 0 Å². The summed E-state index contributed by atoms with van der Waals surface area (Å²) in [6.45, 7) is 4.63. The molecule has 1 atom stereocenters. The Balaban J connectivity index is 1.77. The van der Waals surface area contributed by atoms with Crippen molar-refractivity contribution < 1.29 is 14.6 Å². The highest BCUT2D eigenvalue weighted by Gasteiger charge is 2.10. The number of piperidine rings is 1. The van der Waals surface area contributed by atoms with Gasteiger partial charge in [0.15, 0.2) is 11.5 Å². The fourth-order valence-corrected chi connectivity index (χ4v) is 2.95. The molecule has 1 fully saturated rings. The number of aliphatic hydroxyl groups excluding tert-OH is 1. The van der Waals surface area contributed by atoms with Crippen LogP contribution in [0.15, 0.2) is 18.2 Å². The van der Waals surface area contributed by atoms with Crippen LogP contribution in [0.25, 0.3) is 0 Å². The van der Waals surface area contributed by atoms with Crippen molar-refractivity contribution in [2.24, 2.45) is 0 Å². The van der Waals surface area contributed by atoms with Gasteiger partial charge in [-0.15, -0.1) is 11.6 Å². The second kappa shape index (κ2) is 10.6. The minimum Gasteiger partial charge on any atom is -0.493 e. The van der Waals surface area contributed by atoms with Gasteiger partial charge in [0.1, 0.15) is 0 Å². The van der Waals surface area contributed by atoms with Gasteiger partial charge in [0.25, 0.3) is 0 Å². The maximum absolute atomic E-state index is 9.50. The van der Waals surface area contributed by atoms with Gasteiger partial charge in [-0.25, -0.2) is 0 Å². The molecule has 0 amide bonds. The van der Waals surface area contributed by atoms with Crippen molar-refractivity contribution in [2.45, 2.75) is 31.8 Å². The zero-order valence-electron chi connectivity index (χ0n) is 14.5. The average molecular weight is 357 g/mol. The summed E-state index contributed by atoms with van der Waals surface area (Å²) in [7, 11) is 1.63. The number of alkyl halides is 1. The molecule has 136 valence electrons. The summed E-state index contributed by atoms with van der Waals surface area (Å²) in [4.78, 5) is 2.51. The van der Waals surface area contributed by atoms with E-state index in [1.165, 1.54) is 32.4 Å². The Morgan fingerprint density at radius 2 is 2.04 bits per heavy atom. The Labute approximate surface area is 149 Å². The number of halogens is 1. The van der Waals surface area contributed by atoms with Crippen LogP contribution in [-0.2, 0) is 0 Å². The van der Waals surface area contributed by atoms with Crippen molar-refractivity contribution in [1.29, 1.82) is 0 Å². The Bertz CT molecular complexity index is 481. The number of hydrogen-bond donors (Lipinski definition) is 2. The number of nitrogens with one attached hydrogen (secondary N) is 1. The second-order valence-corrected chi connectivity index (χ2v) is 6.47. The molecule has 0 aromatic heterocycles. The van der Waals surface area contributed by atoms with Crippen LogP contribution in [0.3, 0.4) is 0 Å². The van der Waals surface area contributed by atoms with Gasteiger partial charge < -0.3 is 24.8 Å². The zero-order valence-corrected chi connectivity index (χ0v) is 15.2. The van der Waals surface area contributed by atoms with E-state index in [1.54, 1.807) is 7.11 Å². The highest BCUT2D eigenvalue weighted by molar-refractivity contribution is 6.18. The van der Waals surface area contributed by atoms with Crippen LogP contribution in [-0.4, -0.2) is 61.9 Å². The van der Waals surface area contributed by atoms with Gasteiger partial charge in [0, 0.05) is 24.8 Å². The number of aliphatic hydroxyl groups is 1. The fraction of sp³-hybridized carbons (Fsp3) is 0.667. The first-order valence-electron chi connectivity index (χ1n) is 8.74. The molecule has 5 nitrogen and oxygen atoms in total. The number of anilines is 1. The van der Waals surface area contributed by atoms with Crippen molar-refractivity contribution in [3.05, 3.63) is 18.2 Å². The van der Waals surface area contributed by atoms with E-state index in [9.17, 15) is 5.11 Å². The predicted octanol–water partition coefficient (Wildman–Crippen LogP) is 2.96. The Morgan fingerprint density at radius 1 is 1.25 bits per heavy atom. The van der Waals surface area contributed by atoms with Crippen molar-refractivity contribution in [1.82, 2.24) is 4.90 Å². The maximum Gasteiger partial charge on any atom is 0.162 e. The van der Waals surface area contributed by atoms with Crippen LogP contribution < -0.4 is 14.8 Å². The standard InChI is InChI=1S/C18H29ClN2O3/c1-23-18-12-15(20-14-16(22)13-19)6-7-17(18)24-11-5-10-21-8-3-2-4-9-21/h6-7,12,16,20,22H,2-5,8-11,13-14H2,1H3. The lowest BCUT2D eigenvalue weighted by Gasteiger charge is -2.26. The Hall–Kier alpha value is -1.17. The van der Waals surface area contributed by atoms with Crippen molar-refractivity contribution >= 4 is 17.3 Å². The molecule has 1 aromatic carbocycles. The molecule has 0 bridgehead atoms. The monoisotopic (exact) mass is 356 g/mol. The zero-order chi connectivity index (χ0) is 17.2. The Kier molecular flexibility index (Phi) is 8.50. The molecule has 2 rings (SSSR count). The molecule has 1 aliphatic heterocycles. The molecule has 0 aliphatic carbocycles. The van der Waals surface area contributed by atoms with E-state index in [4.69, 9.17) is 21.1 Å². The molecule has 0 radical (unpaired) electrons. The number of methoxy groups -OCH3 is 1. The number of likely N-dealkylation sites (tertiary alicyclic amines) is 1. The van der Waals surface area contributed by atoms with Crippen LogP contribution in [0.4, 0.5) is 5.69 Å². The summed E-state index contributed by atoms with van der Waals surface area (Å²) in [6, 6.07) is 5.69. The highest BCUT2D eigenvalue weighted by atomic mass is 35.5. The molecule has 0 spiro atoms. The van der Waals surface area contributed by atoms with Crippen LogP contribution in [0.2, 0.25) is 0 Å². The summed E-state index contributed by atoms with van der Waals surface area (Å²) in [5.74, 6) is 1.65. The summed E-state index contributed by atoms with van der Waals surface area (Å²) >= 11 is 5.59. The normalized spacial score (nSPS) is 16.6. The highest BCUT2D eigenvalue weighted by Crippen LogP contribution is 2.30. The number of nitrogens with zero attached hydrogens (tertiary/aromatic N) is 1. The van der Waals surface area contributed by atoms with Gasteiger partial charge in [-0.2, -0.15) is 0 Å². The number of benzene rings is 1. The minimum absolute atomic E-state index is 0.211. The predicted molar refractivity (Wildman–Crippen MR) is 98.6 cm³/mol. The first-order valence-corrected chi connectivity index (χ1v) is 9.27. The van der Waals surface area contributed by atoms with Gasteiger partial charge in [-0.1, -0.05) is 6.42 Å². The summed E-state index contributed by atoms with van der Waals surface area (Å²) in [5, 5.41) is 12.6. The molecule has 1 aliphatic rings. The topological polar surface area (TPSA) is 54.0 Å². The molecule has 1 saturated heterocycles. The van der Waals surface area contributed by atoms with E-state index in [1.807, 2.05) is 18.2 Å². The molecular weight excluding hydrogens is 328 g/mol. The van der Waals surface area contributed by atoms with Crippen molar-refractivity contribution in [3.8, 4) is 11.5 Å². The molecule has 6 heteroatoms. The summed E-state index contributed by atoms with van der Waals surface area (Å²) in [5.41, 5.74) is 0.872.